The van der Waals surface area contributed by atoms with Crippen LogP contribution in [0.4, 0.5) is 0 Å². The van der Waals surface area contributed by atoms with E-state index in [1.807, 2.05) is 0 Å². The lowest BCUT2D eigenvalue weighted by molar-refractivity contribution is -0.120. The van der Waals surface area contributed by atoms with Crippen molar-refractivity contribution in [1.82, 2.24) is 10.2 Å². The zero-order valence-corrected chi connectivity index (χ0v) is 11.7. The van der Waals surface area contributed by atoms with Crippen LogP contribution in [-0.2, 0) is 4.79 Å². The van der Waals surface area contributed by atoms with Gasteiger partial charge in [0.1, 0.15) is 0 Å². The molecule has 3 nitrogen and oxygen atoms in total. The van der Waals surface area contributed by atoms with Crippen molar-refractivity contribution in [3.05, 3.63) is 24.4 Å². The van der Waals surface area contributed by atoms with Gasteiger partial charge in [0.05, 0.1) is 6.54 Å². The van der Waals surface area contributed by atoms with Crippen molar-refractivity contribution in [3.63, 3.8) is 0 Å². The van der Waals surface area contributed by atoms with Gasteiger partial charge in [0.25, 0.3) is 0 Å². The van der Waals surface area contributed by atoms with Gasteiger partial charge in [-0.1, -0.05) is 24.7 Å². The van der Waals surface area contributed by atoms with E-state index in [-0.39, 0.29) is 5.91 Å². The van der Waals surface area contributed by atoms with E-state index in [1.165, 1.54) is 24.1 Å². The van der Waals surface area contributed by atoms with E-state index >= 15 is 0 Å². The molecular weight excluding hydrogens is 236 g/mol. The molecule has 0 atom stereocenters. The van der Waals surface area contributed by atoms with Crippen LogP contribution < -0.4 is 5.32 Å². The smallest absolute Gasteiger partial charge is 0.220 e. The predicted molar refractivity (Wildman–Crippen MR) is 79.4 cm³/mol. The molecule has 0 bridgehead atoms. The topological polar surface area (TPSA) is 32.3 Å². The number of hydrogen-bond acceptors (Lipinski definition) is 2. The second-order valence-electron chi connectivity index (χ2n) is 5.03. The first-order chi connectivity index (χ1) is 9.13. The third kappa shape index (κ3) is 6.15. The fourth-order valence-electron chi connectivity index (χ4n) is 2.22. The summed E-state index contributed by atoms with van der Waals surface area (Å²) in [7, 11) is 0. The highest BCUT2D eigenvalue weighted by Gasteiger charge is 2.13. The Morgan fingerprint density at radius 1 is 1.42 bits per heavy atom. The summed E-state index contributed by atoms with van der Waals surface area (Å²) in [6.07, 6.45) is 10.9. The molecule has 19 heavy (non-hydrogen) atoms. The van der Waals surface area contributed by atoms with Crippen molar-refractivity contribution in [2.45, 2.75) is 38.5 Å². The summed E-state index contributed by atoms with van der Waals surface area (Å²) in [5.74, 6) is 2.41. The molecule has 1 heterocycles. The first-order valence-corrected chi connectivity index (χ1v) is 6.93. The van der Waals surface area contributed by atoms with Crippen molar-refractivity contribution in [2.75, 3.05) is 19.6 Å². The molecule has 1 fully saturated rings. The number of hydrogen-bond donors (Lipinski definition) is 1. The highest BCUT2D eigenvalue weighted by atomic mass is 16.1. The Morgan fingerprint density at radius 3 is 2.89 bits per heavy atom. The van der Waals surface area contributed by atoms with E-state index in [9.17, 15) is 4.79 Å². The van der Waals surface area contributed by atoms with Crippen LogP contribution in [0, 0.1) is 12.3 Å². The maximum Gasteiger partial charge on any atom is 0.220 e. The quantitative estimate of drug-likeness (QED) is 0.563. The van der Waals surface area contributed by atoms with Crippen LogP contribution in [-0.4, -0.2) is 30.4 Å². The minimum atomic E-state index is 0.0214. The van der Waals surface area contributed by atoms with Crippen LogP contribution in [0.15, 0.2) is 24.4 Å². The van der Waals surface area contributed by atoms with Gasteiger partial charge in [-0.15, -0.1) is 6.42 Å². The van der Waals surface area contributed by atoms with Gasteiger partial charge in [0, 0.05) is 25.2 Å². The van der Waals surface area contributed by atoms with Crippen LogP contribution in [0.2, 0.25) is 0 Å². The zero-order chi connectivity index (χ0) is 14.1. The van der Waals surface area contributed by atoms with E-state index in [0.717, 1.165) is 32.4 Å². The van der Waals surface area contributed by atoms with E-state index < -0.39 is 0 Å². The van der Waals surface area contributed by atoms with Gasteiger partial charge < -0.3 is 10.2 Å². The standard InChI is InChI=1S/C16H24N2O/c1-4-11-17-16(19)10-7-8-14(2)13-18-12-6-5-9-15(18)3/h1H,2-3,5-13H2,(H,17,19). The minimum Gasteiger partial charge on any atom is -0.371 e. The number of allylic oxidation sites excluding steroid dienone is 1. The second-order valence-corrected chi connectivity index (χ2v) is 5.03. The average Bonchev–Trinajstić information content (AvgIpc) is 2.39. The maximum absolute atomic E-state index is 11.4. The Kier molecular flexibility index (Phi) is 6.81. The van der Waals surface area contributed by atoms with Gasteiger partial charge in [0.15, 0.2) is 0 Å². The fourth-order valence-corrected chi connectivity index (χ4v) is 2.22. The van der Waals surface area contributed by atoms with Crippen LogP contribution in [0.1, 0.15) is 38.5 Å². The van der Waals surface area contributed by atoms with E-state index in [0.29, 0.717) is 13.0 Å². The fraction of sp³-hybridized carbons (Fsp3) is 0.562. The summed E-state index contributed by atoms with van der Waals surface area (Å²) < 4.78 is 0. The molecule has 0 aliphatic carbocycles. The maximum atomic E-state index is 11.4. The summed E-state index contributed by atoms with van der Waals surface area (Å²) in [4.78, 5) is 13.7. The Morgan fingerprint density at radius 2 is 2.21 bits per heavy atom. The second kappa shape index (κ2) is 8.42. The molecule has 1 rings (SSSR count). The van der Waals surface area contributed by atoms with E-state index in [4.69, 9.17) is 6.42 Å². The summed E-state index contributed by atoms with van der Waals surface area (Å²) in [5, 5.41) is 2.67. The first kappa shape index (κ1) is 15.4. The lowest BCUT2D eigenvalue weighted by atomic mass is 10.1. The van der Waals surface area contributed by atoms with Gasteiger partial charge >= 0.3 is 0 Å². The van der Waals surface area contributed by atoms with Crippen LogP contribution in [0.25, 0.3) is 0 Å². The Hall–Kier alpha value is -1.69. The number of piperidine rings is 1. The summed E-state index contributed by atoms with van der Waals surface area (Å²) >= 11 is 0. The number of likely N-dealkylation sites (tertiary alicyclic amines) is 1. The lowest BCUT2D eigenvalue weighted by Crippen LogP contribution is -2.29. The highest BCUT2D eigenvalue weighted by Crippen LogP contribution is 2.20. The molecule has 1 aliphatic rings. The van der Waals surface area contributed by atoms with Crippen LogP contribution in [0.5, 0.6) is 0 Å². The summed E-state index contributed by atoms with van der Waals surface area (Å²) in [6, 6.07) is 0. The minimum absolute atomic E-state index is 0.0214. The third-order valence-corrected chi connectivity index (χ3v) is 3.33. The summed E-state index contributed by atoms with van der Waals surface area (Å²) in [6.45, 7) is 10.5. The summed E-state index contributed by atoms with van der Waals surface area (Å²) in [5.41, 5.74) is 2.40. The predicted octanol–water partition coefficient (Wildman–Crippen LogP) is 2.46. The number of carbonyl (C=O) groups is 1. The Bertz CT molecular complexity index is 379. The van der Waals surface area contributed by atoms with Crippen molar-refractivity contribution in [2.24, 2.45) is 0 Å². The molecular formula is C16H24N2O. The van der Waals surface area contributed by atoms with Crippen LogP contribution >= 0.6 is 0 Å². The number of amides is 1. The molecule has 0 aromatic rings. The molecule has 1 aliphatic heterocycles. The number of carbonyl (C=O) groups excluding carboxylic acids is 1. The Labute approximate surface area is 116 Å². The van der Waals surface area contributed by atoms with Crippen LogP contribution in [0.3, 0.4) is 0 Å². The molecule has 0 spiro atoms. The molecule has 1 saturated heterocycles. The van der Waals surface area contributed by atoms with Crippen molar-refractivity contribution in [3.8, 4) is 12.3 Å². The van der Waals surface area contributed by atoms with Crippen molar-refractivity contribution in [1.29, 1.82) is 0 Å². The molecule has 104 valence electrons. The molecule has 0 saturated carbocycles. The average molecular weight is 260 g/mol. The third-order valence-electron chi connectivity index (χ3n) is 3.33. The van der Waals surface area contributed by atoms with Gasteiger partial charge in [-0.25, -0.2) is 0 Å². The Balaban J connectivity index is 2.15. The van der Waals surface area contributed by atoms with Crippen molar-refractivity contribution < 1.29 is 4.79 Å². The van der Waals surface area contributed by atoms with Crippen molar-refractivity contribution >= 4 is 5.91 Å². The number of rotatable bonds is 7. The molecule has 1 N–H and O–H groups in total. The number of nitrogens with zero attached hydrogens (tertiary/aromatic N) is 1. The normalized spacial score (nSPS) is 14.9. The lowest BCUT2D eigenvalue weighted by Gasteiger charge is -2.31. The zero-order valence-electron chi connectivity index (χ0n) is 11.7. The molecule has 0 aromatic carbocycles. The molecule has 3 heteroatoms. The van der Waals surface area contributed by atoms with E-state index in [1.54, 1.807) is 0 Å². The van der Waals surface area contributed by atoms with Gasteiger partial charge in [-0.3, -0.25) is 4.79 Å². The van der Waals surface area contributed by atoms with Gasteiger partial charge in [-0.2, -0.15) is 0 Å². The SMILES string of the molecule is C#CCNC(=O)CCCC(=C)CN1CCCCC1=C. The monoisotopic (exact) mass is 260 g/mol. The molecule has 0 radical (unpaired) electrons. The molecule has 0 aromatic heterocycles. The number of nitrogens with one attached hydrogen (secondary N) is 1. The number of terminal acetylenes is 1. The molecule has 0 unspecified atom stereocenters. The highest BCUT2D eigenvalue weighted by molar-refractivity contribution is 5.76. The first-order valence-electron chi connectivity index (χ1n) is 6.93. The van der Waals surface area contributed by atoms with E-state index in [2.05, 4.69) is 29.3 Å². The van der Waals surface area contributed by atoms with Gasteiger partial charge in [0.2, 0.25) is 5.91 Å². The molecule has 1 amide bonds. The largest absolute Gasteiger partial charge is 0.371 e. The van der Waals surface area contributed by atoms with Gasteiger partial charge in [-0.05, 0) is 32.1 Å².